The largest absolute Gasteiger partial charge is 0.483 e. The highest BCUT2D eigenvalue weighted by atomic mass is 79.9. The minimum Gasteiger partial charge on any atom is -0.483 e. The van der Waals surface area contributed by atoms with Crippen molar-refractivity contribution in [2.24, 2.45) is 0 Å². The Bertz CT molecular complexity index is 823. The van der Waals surface area contributed by atoms with Gasteiger partial charge in [-0.1, -0.05) is 40.2 Å². The number of ether oxygens (including phenoxy) is 1. The van der Waals surface area contributed by atoms with Crippen LogP contribution in [0, 0.1) is 13.8 Å². The third-order valence-electron chi connectivity index (χ3n) is 4.35. The number of hydrogen-bond donors (Lipinski definition) is 1. The second kappa shape index (κ2) is 9.55. The van der Waals surface area contributed by atoms with Gasteiger partial charge in [0.1, 0.15) is 11.8 Å². The van der Waals surface area contributed by atoms with E-state index in [2.05, 4.69) is 21.2 Å². The van der Waals surface area contributed by atoms with Crippen LogP contribution in [0.25, 0.3) is 0 Å². The molecule has 5 nitrogen and oxygen atoms in total. The summed E-state index contributed by atoms with van der Waals surface area (Å²) in [6, 6.07) is 12.9. The van der Waals surface area contributed by atoms with Crippen molar-refractivity contribution in [3.63, 3.8) is 0 Å². The van der Waals surface area contributed by atoms with Crippen LogP contribution in [0.1, 0.15) is 23.6 Å². The topological polar surface area (TPSA) is 58.6 Å². The van der Waals surface area contributed by atoms with Gasteiger partial charge in [-0.25, -0.2) is 0 Å². The number of carbonyl (C=O) groups excluding carboxylic acids is 2. The van der Waals surface area contributed by atoms with Crippen LogP contribution >= 0.6 is 15.9 Å². The first-order chi connectivity index (χ1) is 12.8. The van der Waals surface area contributed by atoms with E-state index in [1.54, 1.807) is 14.0 Å². The van der Waals surface area contributed by atoms with Crippen molar-refractivity contribution < 1.29 is 14.3 Å². The third kappa shape index (κ3) is 5.82. The van der Waals surface area contributed by atoms with Crippen molar-refractivity contribution in [3.8, 4) is 5.75 Å². The van der Waals surface area contributed by atoms with Crippen LogP contribution in [0.15, 0.2) is 46.9 Å². The maximum Gasteiger partial charge on any atom is 0.261 e. The molecule has 0 aliphatic heterocycles. The highest BCUT2D eigenvalue weighted by molar-refractivity contribution is 9.10. The van der Waals surface area contributed by atoms with Crippen LogP contribution in [0.4, 0.5) is 0 Å². The number of likely N-dealkylation sites (N-methyl/N-ethyl adjacent to an activating group) is 1. The van der Waals surface area contributed by atoms with Gasteiger partial charge in [0.15, 0.2) is 6.61 Å². The standard InChI is InChI=1S/C21H25BrN2O3/c1-14-8-9-15(2)19(10-14)27-13-20(25)24(16(3)21(26)23-4)12-17-6-5-7-18(22)11-17/h5-11,16H,12-13H2,1-4H3,(H,23,26)/t16-/m1/s1. The highest BCUT2D eigenvalue weighted by Gasteiger charge is 2.26. The van der Waals surface area contributed by atoms with E-state index >= 15 is 0 Å². The molecule has 0 aromatic heterocycles. The molecular weight excluding hydrogens is 408 g/mol. The Morgan fingerprint density at radius 3 is 2.59 bits per heavy atom. The number of nitrogens with zero attached hydrogens (tertiary/aromatic N) is 1. The molecular formula is C21H25BrN2O3. The van der Waals surface area contributed by atoms with Gasteiger partial charge in [0.25, 0.3) is 5.91 Å². The molecule has 1 atom stereocenters. The number of halogens is 1. The second-order valence-electron chi connectivity index (χ2n) is 6.50. The van der Waals surface area contributed by atoms with E-state index in [0.29, 0.717) is 12.3 Å². The molecule has 0 saturated heterocycles. The van der Waals surface area contributed by atoms with E-state index in [1.165, 1.54) is 4.90 Å². The molecule has 2 amide bonds. The Morgan fingerprint density at radius 2 is 1.93 bits per heavy atom. The van der Waals surface area contributed by atoms with E-state index in [9.17, 15) is 9.59 Å². The van der Waals surface area contributed by atoms with E-state index < -0.39 is 6.04 Å². The van der Waals surface area contributed by atoms with Crippen molar-refractivity contribution in [1.82, 2.24) is 10.2 Å². The van der Waals surface area contributed by atoms with Crippen LogP contribution in [-0.4, -0.2) is 36.4 Å². The lowest BCUT2D eigenvalue weighted by molar-refractivity contribution is -0.142. The summed E-state index contributed by atoms with van der Waals surface area (Å²) in [5, 5.41) is 2.60. The van der Waals surface area contributed by atoms with Gasteiger partial charge < -0.3 is 15.0 Å². The monoisotopic (exact) mass is 432 g/mol. The summed E-state index contributed by atoms with van der Waals surface area (Å²) in [6.45, 7) is 5.82. The maximum absolute atomic E-state index is 12.9. The van der Waals surface area contributed by atoms with Crippen molar-refractivity contribution in [3.05, 3.63) is 63.6 Å². The van der Waals surface area contributed by atoms with Gasteiger partial charge in [0.2, 0.25) is 5.91 Å². The molecule has 1 N–H and O–H groups in total. The SMILES string of the molecule is CNC(=O)[C@@H](C)N(Cc1cccc(Br)c1)C(=O)COc1cc(C)ccc1C. The summed E-state index contributed by atoms with van der Waals surface area (Å²) < 4.78 is 6.68. The zero-order valence-corrected chi connectivity index (χ0v) is 17.7. The number of aryl methyl sites for hydroxylation is 2. The van der Waals surface area contributed by atoms with Crippen molar-refractivity contribution in [2.45, 2.75) is 33.4 Å². The molecule has 0 aliphatic rings. The van der Waals surface area contributed by atoms with Gasteiger partial charge in [0, 0.05) is 18.1 Å². The number of amides is 2. The van der Waals surface area contributed by atoms with E-state index in [4.69, 9.17) is 4.74 Å². The number of hydrogen-bond acceptors (Lipinski definition) is 3. The molecule has 0 radical (unpaired) electrons. The van der Waals surface area contributed by atoms with Crippen LogP contribution in [0.5, 0.6) is 5.75 Å². The second-order valence-corrected chi connectivity index (χ2v) is 7.42. The van der Waals surface area contributed by atoms with E-state index in [0.717, 1.165) is 21.2 Å². The summed E-state index contributed by atoms with van der Waals surface area (Å²) in [7, 11) is 1.56. The van der Waals surface area contributed by atoms with Crippen LogP contribution in [0.2, 0.25) is 0 Å². The first kappa shape index (κ1) is 21.0. The average Bonchev–Trinajstić information content (AvgIpc) is 2.65. The maximum atomic E-state index is 12.9. The Balaban J connectivity index is 2.17. The van der Waals surface area contributed by atoms with Crippen molar-refractivity contribution >= 4 is 27.7 Å². The molecule has 0 aliphatic carbocycles. The van der Waals surface area contributed by atoms with Crippen molar-refractivity contribution in [1.29, 1.82) is 0 Å². The quantitative estimate of drug-likeness (QED) is 0.726. The van der Waals surface area contributed by atoms with Gasteiger partial charge in [-0.2, -0.15) is 0 Å². The molecule has 2 aromatic carbocycles. The van der Waals surface area contributed by atoms with Gasteiger partial charge >= 0.3 is 0 Å². The Morgan fingerprint density at radius 1 is 1.19 bits per heavy atom. The summed E-state index contributed by atoms with van der Waals surface area (Å²) in [4.78, 5) is 26.5. The fraction of sp³-hybridized carbons (Fsp3) is 0.333. The molecule has 0 bridgehead atoms. The average molecular weight is 433 g/mol. The molecule has 0 unspecified atom stereocenters. The van der Waals surface area contributed by atoms with Crippen molar-refractivity contribution in [2.75, 3.05) is 13.7 Å². The Labute approximate surface area is 168 Å². The molecule has 6 heteroatoms. The van der Waals surface area contributed by atoms with Gasteiger partial charge in [0.05, 0.1) is 0 Å². The number of rotatable bonds is 7. The highest BCUT2D eigenvalue weighted by Crippen LogP contribution is 2.20. The lowest BCUT2D eigenvalue weighted by atomic mass is 10.1. The predicted molar refractivity (Wildman–Crippen MR) is 110 cm³/mol. The summed E-state index contributed by atoms with van der Waals surface area (Å²) in [5.41, 5.74) is 2.96. The molecule has 0 fully saturated rings. The normalized spacial score (nSPS) is 11.6. The first-order valence-corrected chi connectivity index (χ1v) is 9.56. The predicted octanol–water partition coefficient (Wildman–Crippen LogP) is 3.61. The number of benzene rings is 2. The Hall–Kier alpha value is -2.34. The first-order valence-electron chi connectivity index (χ1n) is 8.77. The zero-order valence-electron chi connectivity index (χ0n) is 16.1. The molecule has 2 aromatic rings. The Kier molecular flexibility index (Phi) is 7.42. The third-order valence-corrected chi connectivity index (χ3v) is 4.84. The van der Waals surface area contributed by atoms with Crippen LogP contribution < -0.4 is 10.1 Å². The number of nitrogens with one attached hydrogen (secondary N) is 1. The lowest BCUT2D eigenvalue weighted by Gasteiger charge is -2.28. The molecule has 0 spiro atoms. The van der Waals surface area contributed by atoms with E-state index in [1.807, 2.05) is 56.3 Å². The van der Waals surface area contributed by atoms with Gasteiger partial charge in [-0.3, -0.25) is 9.59 Å². The summed E-state index contributed by atoms with van der Waals surface area (Å²) in [6.07, 6.45) is 0. The zero-order chi connectivity index (χ0) is 20.0. The molecule has 2 rings (SSSR count). The fourth-order valence-corrected chi connectivity index (χ4v) is 3.16. The van der Waals surface area contributed by atoms with Gasteiger partial charge in [-0.05, 0) is 55.7 Å². The van der Waals surface area contributed by atoms with Crippen LogP contribution in [0.3, 0.4) is 0 Å². The molecule has 144 valence electrons. The molecule has 0 heterocycles. The van der Waals surface area contributed by atoms with Crippen LogP contribution in [-0.2, 0) is 16.1 Å². The number of carbonyl (C=O) groups is 2. The molecule has 0 saturated carbocycles. The minimum absolute atomic E-state index is 0.125. The molecule has 27 heavy (non-hydrogen) atoms. The lowest BCUT2D eigenvalue weighted by Crippen LogP contribution is -2.48. The van der Waals surface area contributed by atoms with E-state index in [-0.39, 0.29) is 18.4 Å². The van der Waals surface area contributed by atoms with Gasteiger partial charge in [-0.15, -0.1) is 0 Å². The smallest absolute Gasteiger partial charge is 0.261 e. The summed E-state index contributed by atoms with van der Waals surface area (Å²) >= 11 is 3.44. The minimum atomic E-state index is -0.608. The fourth-order valence-electron chi connectivity index (χ4n) is 2.71. The summed E-state index contributed by atoms with van der Waals surface area (Å²) in [5.74, 6) is 0.218.